The Hall–Kier alpha value is -1.92. The molecule has 2 saturated heterocycles. The van der Waals surface area contributed by atoms with Crippen LogP contribution in [0.3, 0.4) is 0 Å². The summed E-state index contributed by atoms with van der Waals surface area (Å²) in [7, 11) is 0. The zero-order chi connectivity index (χ0) is 16.9. The molecule has 6 nitrogen and oxygen atoms in total. The van der Waals surface area contributed by atoms with E-state index >= 15 is 0 Å². The second-order valence-electron chi connectivity index (χ2n) is 6.67. The Labute approximate surface area is 142 Å². The number of hydrogen-bond acceptors (Lipinski definition) is 4. The van der Waals surface area contributed by atoms with E-state index in [-0.39, 0.29) is 24.3 Å². The fourth-order valence-electron chi connectivity index (χ4n) is 3.52. The number of anilines is 2. The lowest BCUT2D eigenvalue weighted by molar-refractivity contribution is -0.118. The van der Waals surface area contributed by atoms with Gasteiger partial charge in [-0.3, -0.25) is 14.5 Å². The second-order valence-corrected chi connectivity index (χ2v) is 6.67. The van der Waals surface area contributed by atoms with Crippen molar-refractivity contribution in [2.75, 3.05) is 43.0 Å². The number of carbonyl (C=O) groups is 2. The van der Waals surface area contributed by atoms with Gasteiger partial charge in [0, 0.05) is 37.5 Å². The molecule has 2 N–H and O–H groups in total. The number of amides is 2. The zero-order valence-electron chi connectivity index (χ0n) is 13.9. The number of rotatable bonds is 5. The van der Waals surface area contributed by atoms with Crippen molar-refractivity contribution in [1.29, 1.82) is 0 Å². The van der Waals surface area contributed by atoms with Gasteiger partial charge < -0.3 is 15.3 Å². The minimum atomic E-state index is -0.0570. The first-order valence-corrected chi connectivity index (χ1v) is 8.69. The molecule has 0 bridgehead atoms. The van der Waals surface area contributed by atoms with Crippen LogP contribution in [0.1, 0.15) is 25.7 Å². The van der Waals surface area contributed by atoms with Crippen molar-refractivity contribution in [3.8, 4) is 0 Å². The van der Waals surface area contributed by atoms with Crippen LogP contribution < -0.4 is 10.2 Å². The SMILES string of the molecule is O=C(CN1CCCC(CO)C1)Nc1cccc(N2CCCC2=O)c1. The predicted molar refractivity (Wildman–Crippen MR) is 92.9 cm³/mol. The molecular weight excluding hydrogens is 306 g/mol. The van der Waals surface area contributed by atoms with Crippen molar-refractivity contribution in [2.24, 2.45) is 5.92 Å². The molecule has 2 heterocycles. The predicted octanol–water partition coefficient (Wildman–Crippen LogP) is 1.46. The Balaban J connectivity index is 1.57. The Morgan fingerprint density at radius 3 is 2.92 bits per heavy atom. The van der Waals surface area contributed by atoms with Crippen LogP contribution in [-0.2, 0) is 9.59 Å². The van der Waals surface area contributed by atoms with E-state index in [1.165, 1.54) is 0 Å². The maximum atomic E-state index is 12.3. The molecule has 6 heteroatoms. The summed E-state index contributed by atoms with van der Waals surface area (Å²) in [6, 6.07) is 7.46. The summed E-state index contributed by atoms with van der Waals surface area (Å²) in [4.78, 5) is 28.0. The highest BCUT2D eigenvalue weighted by Gasteiger charge is 2.23. The lowest BCUT2D eigenvalue weighted by Gasteiger charge is -2.31. The summed E-state index contributed by atoms with van der Waals surface area (Å²) in [5.74, 6) is 0.358. The van der Waals surface area contributed by atoms with Gasteiger partial charge in [-0.05, 0) is 49.9 Å². The third kappa shape index (κ3) is 4.13. The highest BCUT2D eigenvalue weighted by atomic mass is 16.3. The average molecular weight is 331 g/mol. The third-order valence-electron chi connectivity index (χ3n) is 4.74. The molecule has 2 fully saturated rings. The number of aliphatic hydroxyl groups excluding tert-OH is 1. The molecule has 2 aliphatic heterocycles. The smallest absolute Gasteiger partial charge is 0.238 e. The molecule has 0 saturated carbocycles. The van der Waals surface area contributed by atoms with Crippen molar-refractivity contribution >= 4 is 23.2 Å². The monoisotopic (exact) mass is 331 g/mol. The number of benzene rings is 1. The lowest BCUT2D eigenvalue weighted by Crippen LogP contribution is -2.41. The normalized spacial score (nSPS) is 22.0. The largest absolute Gasteiger partial charge is 0.396 e. The number of hydrogen-bond donors (Lipinski definition) is 2. The molecule has 0 aliphatic carbocycles. The second kappa shape index (κ2) is 7.77. The number of piperidine rings is 1. The van der Waals surface area contributed by atoms with Gasteiger partial charge in [-0.1, -0.05) is 6.07 Å². The van der Waals surface area contributed by atoms with Gasteiger partial charge in [0.05, 0.1) is 6.54 Å². The lowest BCUT2D eigenvalue weighted by atomic mass is 9.99. The number of nitrogens with zero attached hydrogens (tertiary/aromatic N) is 2. The molecule has 1 aromatic carbocycles. The first kappa shape index (κ1) is 16.9. The van der Waals surface area contributed by atoms with Gasteiger partial charge in [-0.2, -0.15) is 0 Å². The van der Waals surface area contributed by atoms with Crippen molar-refractivity contribution in [3.63, 3.8) is 0 Å². The molecule has 3 rings (SSSR count). The van der Waals surface area contributed by atoms with Crippen LogP contribution in [0.4, 0.5) is 11.4 Å². The van der Waals surface area contributed by atoms with Gasteiger partial charge in [-0.25, -0.2) is 0 Å². The summed E-state index contributed by atoms with van der Waals surface area (Å²) in [5, 5.41) is 12.2. The summed E-state index contributed by atoms with van der Waals surface area (Å²) in [6.07, 6.45) is 3.53. The Bertz CT molecular complexity index is 605. The average Bonchev–Trinajstić information content (AvgIpc) is 3.01. The molecule has 130 valence electrons. The van der Waals surface area contributed by atoms with Gasteiger partial charge in [0.25, 0.3) is 0 Å². The quantitative estimate of drug-likeness (QED) is 0.857. The molecule has 0 radical (unpaired) electrons. The molecule has 2 amide bonds. The topological polar surface area (TPSA) is 72.9 Å². The molecule has 24 heavy (non-hydrogen) atoms. The third-order valence-corrected chi connectivity index (χ3v) is 4.74. The van der Waals surface area contributed by atoms with E-state index in [0.29, 0.717) is 18.7 Å². The molecule has 0 aromatic heterocycles. The summed E-state index contributed by atoms with van der Waals surface area (Å²) in [6.45, 7) is 2.93. The van der Waals surface area contributed by atoms with Gasteiger partial charge >= 0.3 is 0 Å². The van der Waals surface area contributed by atoms with E-state index < -0.39 is 0 Å². The van der Waals surface area contributed by atoms with Crippen molar-refractivity contribution in [2.45, 2.75) is 25.7 Å². The van der Waals surface area contributed by atoms with Gasteiger partial charge in [0.1, 0.15) is 0 Å². The summed E-state index contributed by atoms with van der Waals surface area (Å²) in [5.41, 5.74) is 1.56. The van der Waals surface area contributed by atoms with Gasteiger partial charge in [-0.15, -0.1) is 0 Å². The van der Waals surface area contributed by atoms with E-state index in [9.17, 15) is 14.7 Å². The maximum Gasteiger partial charge on any atom is 0.238 e. The number of likely N-dealkylation sites (tertiary alicyclic amines) is 1. The highest BCUT2D eigenvalue weighted by Crippen LogP contribution is 2.24. The fraction of sp³-hybridized carbons (Fsp3) is 0.556. The van der Waals surface area contributed by atoms with Gasteiger partial charge in [0.15, 0.2) is 0 Å². The van der Waals surface area contributed by atoms with Crippen LogP contribution in [0, 0.1) is 5.92 Å². The van der Waals surface area contributed by atoms with E-state index in [2.05, 4.69) is 10.2 Å². The van der Waals surface area contributed by atoms with Crippen LogP contribution in [0.15, 0.2) is 24.3 Å². The summed E-state index contributed by atoms with van der Waals surface area (Å²) < 4.78 is 0. The zero-order valence-corrected chi connectivity index (χ0v) is 13.9. The number of nitrogens with one attached hydrogen (secondary N) is 1. The Kier molecular flexibility index (Phi) is 5.48. The molecule has 1 aromatic rings. The van der Waals surface area contributed by atoms with Crippen LogP contribution in [0.5, 0.6) is 0 Å². The maximum absolute atomic E-state index is 12.3. The first-order chi connectivity index (χ1) is 11.7. The van der Waals surface area contributed by atoms with Crippen LogP contribution in [0.25, 0.3) is 0 Å². The van der Waals surface area contributed by atoms with Crippen LogP contribution in [0.2, 0.25) is 0 Å². The van der Waals surface area contributed by atoms with E-state index in [4.69, 9.17) is 0 Å². The van der Waals surface area contributed by atoms with Crippen LogP contribution >= 0.6 is 0 Å². The molecule has 2 aliphatic rings. The van der Waals surface area contributed by atoms with E-state index in [0.717, 1.165) is 44.6 Å². The minimum absolute atomic E-state index is 0.0570. The number of carbonyl (C=O) groups excluding carboxylic acids is 2. The standard InChI is InChI=1S/C18H25N3O3/c22-13-14-4-2-8-20(11-14)12-17(23)19-15-5-1-6-16(10-15)21-9-3-7-18(21)24/h1,5-6,10,14,22H,2-4,7-9,11-13H2,(H,19,23). The minimum Gasteiger partial charge on any atom is -0.396 e. The summed E-state index contributed by atoms with van der Waals surface area (Å²) >= 11 is 0. The number of aliphatic hydroxyl groups is 1. The Morgan fingerprint density at radius 2 is 2.17 bits per heavy atom. The highest BCUT2D eigenvalue weighted by molar-refractivity contribution is 5.97. The first-order valence-electron chi connectivity index (χ1n) is 8.69. The molecule has 0 spiro atoms. The van der Waals surface area contributed by atoms with Crippen LogP contribution in [-0.4, -0.2) is 54.6 Å². The Morgan fingerprint density at radius 1 is 1.29 bits per heavy atom. The van der Waals surface area contributed by atoms with Crippen molar-refractivity contribution < 1.29 is 14.7 Å². The molecule has 1 unspecified atom stereocenters. The van der Waals surface area contributed by atoms with Crippen molar-refractivity contribution in [3.05, 3.63) is 24.3 Å². The molecular formula is C18H25N3O3. The van der Waals surface area contributed by atoms with Crippen molar-refractivity contribution in [1.82, 2.24) is 4.90 Å². The van der Waals surface area contributed by atoms with E-state index in [1.54, 1.807) is 4.90 Å². The van der Waals surface area contributed by atoms with E-state index in [1.807, 2.05) is 24.3 Å². The fourth-order valence-corrected chi connectivity index (χ4v) is 3.52. The van der Waals surface area contributed by atoms with Gasteiger partial charge in [0.2, 0.25) is 11.8 Å². The molecule has 1 atom stereocenters.